The lowest BCUT2D eigenvalue weighted by Gasteiger charge is -2.19. The van der Waals surface area contributed by atoms with E-state index in [0.29, 0.717) is 6.07 Å². The smallest absolute Gasteiger partial charge is 0.328 e. The van der Waals surface area contributed by atoms with E-state index < -0.39 is 41.4 Å². The molecule has 0 aliphatic carbocycles. The van der Waals surface area contributed by atoms with Crippen LogP contribution in [0.2, 0.25) is 0 Å². The Kier molecular flexibility index (Phi) is 7.29. The van der Waals surface area contributed by atoms with E-state index in [0.717, 1.165) is 19.2 Å². The molecule has 6 nitrogen and oxygen atoms in total. The van der Waals surface area contributed by atoms with Gasteiger partial charge in [-0.05, 0) is 24.1 Å². The minimum atomic E-state index is -1.07. The van der Waals surface area contributed by atoms with Crippen molar-refractivity contribution in [3.8, 4) is 0 Å². The molecule has 0 bridgehead atoms. The largest absolute Gasteiger partial charge is 0.469 e. The average molecular weight is 343 g/mol. The van der Waals surface area contributed by atoms with Gasteiger partial charge >= 0.3 is 11.9 Å². The van der Waals surface area contributed by atoms with Gasteiger partial charge in [0.15, 0.2) is 0 Å². The van der Waals surface area contributed by atoms with E-state index >= 15 is 0 Å². The van der Waals surface area contributed by atoms with Crippen molar-refractivity contribution in [3.05, 3.63) is 35.4 Å². The van der Waals surface area contributed by atoms with Crippen molar-refractivity contribution < 1.29 is 32.6 Å². The first-order valence-electron chi connectivity index (χ1n) is 7.16. The first kappa shape index (κ1) is 19.5. The predicted molar refractivity (Wildman–Crippen MR) is 79.8 cm³/mol. The van der Waals surface area contributed by atoms with E-state index in [2.05, 4.69) is 14.8 Å². The summed E-state index contributed by atoms with van der Waals surface area (Å²) in [5, 5.41) is 2.40. The van der Waals surface area contributed by atoms with Crippen LogP contribution in [0.4, 0.5) is 8.78 Å². The van der Waals surface area contributed by atoms with Gasteiger partial charge in [0.2, 0.25) is 5.91 Å². The Hall–Kier alpha value is -2.51. The third-order valence-electron chi connectivity index (χ3n) is 3.30. The molecule has 0 fully saturated rings. The number of nitrogens with one attached hydrogen (secondary N) is 1. The van der Waals surface area contributed by atoms with E-state index in [9.17, 15) is 23.2 Å². The molecular formula is C16H19F2NO5. The number of halogens is 2. The lowest BCUT2D eigenvalue weighted by molar-refractivity contribution is -0.148. The first-order valence-corrected chi connectivity index (χ1v) is 7.16. The monoisotopic (exact) mass is 343 g/mol. The fourth-order valence-electron chi connectivity index (χ4n) is 2.15. The van der Waals surface area contributed by atoms with Crippen LogP contribution < -0.4 is 5.32 Å². The molecule has 0 heterocycles. The van der Waals surface area contributed by atoms with E-state index in [1.807, 2.05) is 0 Å². The van der Waals surface area contributed by atoms with Crippen LogP contribution in [0.1, 0.15) is 18.9 Å². The average Bonchev–Trinajstić information content (AvgIpc) is 2.51. The second-order valence-corrected chi connectivity index (χ2v) is 5.26. The molecule has 132 valence electrons. The Morgan fingerprint density at radius 1 is 1.04 bits per heavy atom. The number of rotatable bonds is 7. The molecule has 0 aliphatic heterocycles. The maximum atomic E-state index is 13.1. The Balaban J connectivity index is 2.76. The molecule has 0 unspecified atom stereocenters. The van der Waals surface area contributed by atoms with Gasteiger partial charge in [0.25, 0.3) is 0 Å². The summed E-state index contributed by atoms with van der Waals surface area (Å²) in [5.41, 5.74) is 0.120. The summed E-state index contributed by atoms with van der Waals surface area (Å²) >= 11 is 0. The molecule has 0 aliphatic rings. The second kappa shape index (κ2) is 8.95. The zero-order valence-electron chi connectivity index (χ0n) is 13.6. The minimum Gasteiger partial charge on any atom is -0.469 e. The number of hydrogen-bond acceptors (Lipinski definition) is 5. The maximum absolute atomic E-state index is 13.1. The van der Waals surface area contributed by atoms with E-state index in [1.54, 1.807) is 0 Å². The molecule has 0 saturated heterocycles. The highest BCUT2D eigenvalue weighted by atomic mass is 19.1. The van der Waals surface area contributed by atoms with Crippen LogP contribution in [0.3, 0.4) is 0 Å². The zero-order valence-corrected chi connectivity index (χ0v) is 13.6. The summed E-state index contributed by atoms with van der Waals surface area (Å²) in [6.45, 7) is 1.54. The number of amides is 1. The van der Waals surface area contributed by atoms with Crippen molar-refractivity contribution in [3.63, 3.8) is 0 Å². The molecule has 1 aromatic rings. The highest BCUT2D eigenvalue weighted by Gasteiger charge is 2.27. The fourth-order valence-corrected chi connectivity index (χ4v) is 2.15. The van der Waals surface area contributed by atoms with E-state index in [-0.39, 0.29) is 18.4 Å². The van der Waals surface area contributed by atoms with Crippen LogP contribution in [0.25, 0.3) is 0 Å². The summed E-state index contributed by atoms with van der Waals surface area (Å²) in [5.74, 6) is -4.16. The van der Waals surface area contributed by atoms with E-state index in [1.165, 1.54) is 14.0 Å². The van der Waals surface area contributed by atoms with Crippen LogP contribution in [-0.2, 0) is 30.3 Å². The van der Waals surface area contributed by atoms with Crippen LogP contribution in [-0.4, -0.2) is 38.1 Å². The third kappa shape index (κ3) is 5.94. The molecule has 0 spiro atoms. The minimum absolute atomic E-state index is 0.0252. The molecule has 1 amide bonds. The summed E-state index contributed by atoms with van der Waals surface area (Å²) in [6, 6.07) is 1.66. The lowest BCUT2D eigenvalue weighted by Crippen LogP contribution is -2.44. The van der Waals surface area contributed by atoms with Crippen LogP contribution in [0.5, 0.6) is 0 Å². The van der Waals surface area contributed by atoms with Gasteiger partial charge in [-0.25, -0.2) is 13.6 Å². The van der Waals surface area contributed by atoms with Crippen molar-refractivity contribution >= 4 is 17.8 Å². The Morgan fingerprint density at radius 3 is 2.08 bits per heavy atom. The molecule has 0 saturated carbocycles. The van der Waals surface area contributed by atoms with Gasteiger partial charge in [-0.1, -0.05) is 6.92 Å². The normalized spacial score (nSPS) is 12.9. The summed E-state index contributed by atoms with van der Waals surface area (Å²) in [6.07, 6.45) is -0.350. The van der Waals surface area contributed by atoms with Crippen molar-refractivity contribution in [1.29, 1.82) is 0 Å². The summed E-state index contributed by atoms with van der Waals surface area (Å²) in [4.78, 5) is 35.2. The van der Waals surface area contributed by atoms with Crippen LogP contribution in [0, 0.1) is 17.6 Å². The van der Waals surface area contributed by atoms with Crippen molar-refractivity contribution in [2.75, 3.05) is 14.2 Å². The number of esters is 2. The predicted octanol–water partition coefficient (Wildman–Crippen LogP) is 1.36. The number of hydrogen-bond donors (Lipinski definition) is 1. The van der Waals surface area contributed by atoms with Gasteiger partial charge in [0.05, 0.1) is 26.6 Å². The van der Waals surface area contributed by atoms with Crippen molar-refractivity contribution in [1.82, 2.24) is 5.32 Å². The first-order chi connectivity index (χ1) is 11.3. The molecular weight excluding hydrogens is 324 g/mol. The molecule has 0 aromatic heterocycles. The van der Waals surface area contributed by atoms with Gasteiger partial charge in [0.1, 0.15) is 17.7 Å². The van der Waals surface area contributed by atoms with Crippen LogP contribution >= 0.6 is 0 Å². The fraction of sp³-hybridized carbons (Fsp3) is 0.438. The highest BCUT2D eigenvalue weighted by molar-refractivity contribution is 5.86. The number of benzene rings is 1. The molecule has 8 heteroatoms. The Bertz CT molecular complexity index is 600. The number of carbonyl (C=O) groups is 3. The van der Waals surface area contributed by atoms with Gasteiger partial charge < -0.3 is 14.8 Å². The molecule has 2 atom stereocenters. The molecule has 1 rings (SSSR count). The van der Waals surface area contributed by atoms with Gasteiger partial charge in [0, 0.05) is 6.07 Å². The molecule has 24 heavy (non-hydrogen) atoms. The van der Waals surface area contributed by atoms with Crippen LogP contribution in [0.15, 0.2) is 18.2 Å². The molecule has 1 N–H and O–H groups in total. The van der Waals surface area contributed by atoms with Gasteiger partial charge in [-0.3, -0.25) is 9.59 Å². The SMILES string of the molecule is COC(=O)[C@@H](C)C[C@@H](NC(=O)Cc1cc(F)cc(F)c1)C(=O)OC. The molecule has 0 radical (unpaired) electrons. The van der Waals surface area contributed by atoms with Gasteiger partial charge in [-0.2, -0.15) is 0 Å². The zero-order chi connectivity index (χ0) is 18.3. The number of carbonyl (C=O) groups excluding carboxylic acids is 3. The second-order valence-electron chi connectivity index (χ2n) is 5.26. The Labute approximate surface area is 138 Å². The lowest BCUT2D eigenvalue weighted by atomic mass is 10.0. The Morgan fingerprint density at radius 2 is 1.58 bits per heavy atom. The van der Waals surface area contributed by atoms with E-state index in [4.69, 9.17) is 0 Å². The summed E-state index contributed by atoms with van der Waals surface area (Å²) < 4.78 is 35.4. The summed E-state index contributed by atoms with van der Waals surface area (Å²) in [7, 11) is 2.36. The highest BCUT2D eigenvalue weighted by Crippen LogP contribution is 2.11. The van der Waals surface area contributed by atoms with Crippen molar-refractivity contribution in [2.45, 2.75) is 25.8 Å². The third-order valence-corrected chi connectivity index (χ3v) is 3.30. The molecule has 1 aromatic carbocycles. The van der Waals surface area contributed by atoms with Crippen molar-refractivity contribution in [2.24, 2.45) is 5.92 Å². The number of ether oxygens (including phenoxy) is 2. The quantitative estimate of drug-likeness (QED) is 0.756. The number of methoxy groups -OCH3 is 2. The van der Waals surface area contributed by atoms with Gasteiger partial charge in [-0.15, -0.1) is 0 Å². The maximum Gasteiger partial charge on any atom is 0.328 e. The topological polar surface area (TPSA) is 81.7 Å². The standard InChI is InChI=1S/C16H19F2NO5/c1-9(15(21)23-2)4-13(16(22)24-3)19-14(20)7-10-5-11(17)8-12(18)6-10/h5-6,8-9,13H,4,7H2,1-3H3,(H,19,20)/t9-,13+/m0/s1.